The van der Waals surface area contributed by atoms with Crippen LogP contribution in [0, 0.1) is 5.92 Å². The van der Waals surface area contributed by atoms with Gasteiger partial charge in [-0.05, 0) is 62.9 Å². The lowest BCUT2D eigenvalue weighted by atomic mass is 9.93. The van der Waals surface area contributed by atoms with E-state index >= 15 is 0 Å². The number of nitrogens with one attached hydrogen (secondary N) is 1. The van der Waals surface area contributed by atoms with Crippen LogP contribution in [0.3, 0.4) is 0 Å². The summed E-state index contributed by atoms with van der Waals surface area (Å²) in [5, 5.41) is 3.37. The highest BCUT2D eigenvalue weighted by atomic mass is 35.5. The van der Waals surface area contributed by atoms with Gasteiger partial charge in [-0.2, -0.15) is 0 Å². The molecule has 0 radical (unpaired) electrons. The summed E-state index contributed by atoms with van der Waals surface area (Å²) in [6.07, 6.45) is 3.99. The normalized spacial score (nSPS) is 14.4. The van der Waals surface area contributed by atoms with Crippen LogP contribution in [0.2, 0.25) is 0 Å². The van der Waals surface area contributed by atoms with E-state index in [4.69, 9.17) is 0 Å². The summed E-state index contributed by atoms with van der Waals surface area (Å²) in [5.41, 5.74) is 1.74. The molecule has 0 aliphatic carbocycles. The van der Waals surface area contributed by atoms with Gasteiger partial charge in [-0.25, -0.2) is 0 Å². The van der Waals surface area contributed by atoms with Gasteiger partial charge >= 0.3 is 0 Å². The molecule has 1 aromatic rings. The van der Waals surface area contributed by atoms with E-state index in [9.17, 15) is 9.59 Å². The summed E-state index contributed by atoms with van der Waals surface area (Å²) < 4.78 is 0. The van der Waals surface area contributed by atoms with Crippen molar-refractivity contribution in [2.75, 3.05) is 33.7 Å². The van der Waals surface area contributed by atoms with E-state index in [0.29, 0.717) is 31.0 Å². The van der Waals surface area contributed by atoms with Crippen molar-refractivity contribution < 1.29 is 9.59 Å². The van der Waals surface area contributed by atoms with Crippen LogP contribution in [-0.2, 0) is 11.3 Å². The molecule has 1 N–H and O–H groups in total. The number of halogens is 1. The third kappa shape index (κ3) is 6.61. The molecule has 6 heteroatoms. The second-order valence-corrected chi connectivity index (χ2v) is 7.04. The molecule has 0 bridgehead atoms. The molecular formula is C20H32ClN3O2. The van der Waals surface area contributed by atoms with E-state index in [1.807, 2.05) is 36.1 Å². The minimum absolute atomic E-state index is 0. The Hall–Kier alpha value is -1.59. The van der Waals surface area contributed by atoms with E-state index in [2.05, 4.69) is 5.32 Å². The summed E-state index contributed by atoms with van der Waals surface area (Å²) in [4.78, 5) is 27.9. The van der Waals surface area contributed by atoms with E-state index in [0.717, 1.165) is 25.1 Å². The van der Waals surface area contributed by atoms with E-state index < -0.39 is 0 Å². The lowest BCUT2D eigenvalue weighted by Crippen LogP contribution is -2.32. The Morgan fingerprint density at radius 3 is 2.27 bits per heavy atom. The van der Waals surface area contributed by atoms with Gasteiger partial charge in [0, 0.05) is 39.2 Å². The predicted molar refractivity (Wildman–Crippen MR) is 108 cm³/mol. The maximum absolute atomic E-state index is 12.5. The monoisotopic (exact) mass is 381 g/mol. The molecule has 146 valence electrons. The van der Waals surface area contributed by atoms with Gasteiger partial charge in [-0.15, -0.1) is 12.4 Å². The summed E-state index contributed by atoms with van der Waals surface area (Å²) in [6.45, 7) is 5.50. The van der Waals surface area contributed by atoms with Crippen molar-refractivity contribution in [1.82, 2.24) is 15.1 Å². The maximum atomic E-state index is 12.5. The smallest absolute Gasteiger partial charge is 0.253 e. The second kappa shape index (κ2) is 11.2. The third-order valence-corrected chi connectivity index (χ3v) is 4.94. The molecule has 1 fully saturated rings. The SMILES string of the molecule is CCN(Cc1ccc(C(=O)N(C)C)cc1)C(=O)CCC1CCNCC1.Cl. The average molecular weight is 382 g/mol. The largest absolute Gasteiger partial charge is 0.345 e. The molecule has 2 amide bonds. The minimum atomic E-state index is -0.00283. The molecule has 1 heterocycles. The van der Waals surface area contributed by atoms with Crippen LogP contribution in [0.15, 0.2) is 24.3 Å². The lowest BCUT2D eigenvalue weighted by molar-refractivity contribution is -0.132. The summed E-state index contributed by atoms with van der Waals surface area (Å²) in [6, 6.07) is 7.56. The summed E-state index contributed by atoms with van der Waals surface area (Å²) >= 11 is 0. The molecule has 0 unspecified atom stereocenters. The zero-order chi connectivity index (χ0) is 18.2. The predicted octanol–water partition coefficient (Wildman–Crippen LogP) is 2.94. The van der Waals surface area contributed by atoms with Gasteiger partial charge in [0.25, 0.3) is 5.91 Å². The van der Waals surface area contributed by atoms with Crippen LogP contribution in [0.5, 0.6) is 0 Å². The van der Waals surface area contributed by atoms with Crippen molar-refractivity contribution in [1.29, 1.82) is 0 Å². The van der Waals surface area contributed by atoms with Gasteiger partial charge in [0.15, 0.2) is 0 Å². The Morgan fingerprint density at radius 2 is 1.73 bits per heavy atom. The topological polar surface area (TPSA) is 52.7 Å². The van der Waals surface area contributed by atoms with Crippen LogP contribution >= 0.6 is 12.4 Å². The van der Waals surface area contributed by atoms with Crippen LogP contribution in [0.25, 0.3) is 0 Å². The number of carbonyl (C=O) groups is 2. The first kappa shape index (κ1) is 22.5. The lowest BCUT2D eigenvalue weighted by Gasteiger charge is -2.25. The molecule has 1 aliphatic heterocycles. The van der Waals surface area contributed by atoms with Gasteiger partial charge in [0.05, 0.1) is 0 Å². The first-order valence-electron chi connectivity index (χ1n) is 9.30. The summed E-state index contributed by atoms with van der Waals surface area (Å²) in [7, 11) is 3.49. The number of rotatable bonds is 7. The first-order valence-corrected chi connectivity index (χ1v) is 9.30. The van der Waals surface area contributed by atoms with Crippen molar-refractivity contribution in [3.05, 3.63) is 35.4 Å². The molecule has 0 saturated carbocycles. The Kier molecular flexibility index (Phi) is 9.66. The Balaban J connectivity index is 0.00000338. The van der Waals surface area contributed by atoms with Crippen LogP contribution < -0.4 is 5.32 Å². The molecule has 26 heavy (non-hydrogen) atoms. The molecule has 1 aromatic carbocycles. The third-order valence-electron chi connectivity index (χ3n) is 4.94. The van der Waals surface area contributed by atoms with Crippen LogP contribution in [-0.4, -0.2) is 55.3 Å². The highest BCUT2D eigenvalue weighted by molar-refractivity contribution is 5.93. The Morgan fingerprint density at radius 1 is 1.12 bits per heavy atom. The van der Waals surface area contributed by atoms with Gasteiger partial charge < -0.3 is 15.1 Å². The minimum Gasteiger partial charge on any atom is -0.345 e. The fraction of sp³-hybridized carbons (Fsp3) is 0.600. The van der Waals surface area contributed by atoms with Crippen molar-refractivity contribution in [3.63, 3.8) is 0 Å². The standard InChI is InChI=1S/C20H31N3O2.ClH/c1-4-23(19(24)10-7-16-11-13-21-14-12-16)15-17-5-8-18(9-6-17)20(25)22(2)3;/h5-6,8-9,16,21H,4,7,10-15H2,1-3H3;1H. The zero-order valence-electron chi connectivity index (χ0n) is 16.2. The van der Waals surface area contributed by atoms with Crippen molar-refractivity contribution in [3.8, 4) is 0 Å². The zero-order valence-corrected chi connectivity index (χ0v) is 17.0. The quantitative estimate of drug-likeness (QED) is 0.790. The number of piperidine rings is 1. The van der Waals surface area contributed by atoms with Crippen molar-refractivity contribution in [2.45, 2.75) is 39.2 Å². The Labute approximate surface area is 163 Å². The number of nitrogens with zero attached hydrogens (tertiary/aromatic N) is 2. The molecule has 1 saturated heterocycles. The van der Waals surface area contributed by atoms with Crippen LogP contribution in [0.4, 0.5) is 0 Å². The van der Waals surface area contributed by atoms with Gasteiger partial charge in [0.2, 0.25) is 5.91 Å². The molecular weight excluding hydrogens is 350 g/mol. The van der Waals surface area contributed by atoms with Gasteiger partial charge in [-0.1, -0.05) is 12.1 Å². The van der Waals surface area contributed by atoms with Crippen molar-refractivity contribution >= 4 is 24.2 Å². The fourth-order valence-corrected chi connectivity index (χ4v) is 3.26. The van der Waals surface area contributed by atoms with Gasteiger partial charge in [-0.3, -0.25) is 9.59 Å². The number of hydrogen-bond donors (Lipinski definition) is 1. The number of hydrogen-bond acceptors (Lipinski definition) is 3. The van der Waals surface area contributed by atoms with E-state index in [1.165, 1.54) is 12.8 Å². The maximum Gasteiger partial charge on any atom is 0.253 e. The highest BCUT2D eigenvalue weighted by Crippen LogP contribution is 2.19. The Bertz CT molecular complexity index is 569. The van der Waals surface area contributed by atoms with Crippen molar-refractivity contribution in [2.24, 2.45) is 5.92 Å². The molecule has 5 nitrogen and oxygen atoms in total. The fourth-order valence-electron chi connectivity index (χ4n) is 3.26. The molecule has 0 aromatic heterocycles. The molecule has 0 spiro atoms. The van der Waals surface area contributed by atoms with E-state index in [1.54, 1.807) is 19.0 Å². The molecule has 0 atom stereocenters. The molecule has 1 aliphatic rings. The van der Waals surface area contributed by atoms with Gasteiger partial charge in [0.1, 0.15) is 0 Å². The number of amides is 2. The number of benzene rings is 1. The van der Waals surface area contributed by atoms with E-state index in [-0.39, 0.29) is 24.2 Å². The second-order valence-electron chi connectivity index (χ2n) is 7.04. The summed E-state index contributed by atoms with van der Waals surface area (Å²) in [5.74, 6) is 0.909. The van der Waals surface area contributed by atoms with Crippen LogP contribution in [0.1, 0.15) is 48.5 Å². The highest BCUT2D eigenvalue weighted by Gasteiger charge is 2.17. The number of carbonyl (C=O) groups excluding carboxylic acids is 2. The average Bonchev–Trinajstić information content (AvgIpc) is 2.64. The molecule has 2 rings (SSSR count). The first-order chi connectivity index (χ1) is 12.0.